The summed E-state index contributed by atoms with van der Waals surface area (Å²) in [7, 11) is 0. The topological polar surface area (TPSA) is 17.1 Å². The van der Waals surface area contributed by atoms with Gasteiger partial charge in [-0.3, -0.25) is 4.79 Å². The number of hydrogen-bond acceptors (Lipinski definition) is 1. The van der Waals surface area contributed by atoms with Crippen LogP contribution < -0.4 is 0 Å². The highest BCUT2D eigenvalue weighted by atomic mass is 16.1. The summed E-state index contributed by atoms with van der Waals surface area (Å²) in [5, 5.41) is 0. The van der Waals surface area contributed by atoms with Gasteiger partial charge in [-0.05, 0) is 18.6 Å². The first-order chi connectivity index (χ1) is 8.31. The predicted molar refractivity (Wildman–Crippen MR) is 71.0 cm³/mol. The van der Waals surface area contributed by atoms with Gasteiger partial charge < -0.3 is 0 Å². The Bertz CT molecular complexity index is 538. The van der Waals surface area contributed by atoms with E-state index < -0.39 is 0 Å². The summed E-state index contributed by atoms with van der Waals surface area (Å²) in [5.74, 6) is 0.0666. The molecule has 0 bridgehead atoms. The molecule has 0 unspecified atom stereocenters. The van der Waals surface area contributed by atoms with Gasteiger partial charge in [0.25, 0.3) is 0 Å². The van der Waals surface area contributed by atoms with E-state index in [-0.39, 0.29) is 5.78 Å². The van der Waals surface area contributed by atoms with Gasteiger partial charge in [0.15, 0.2) is 5.78 Å². The van der Waals surface area contributed by atoms with E-state index in [1.807, 2.05) is 73.7 Å². The molecule has 84 valence electrons. The van der Waals surface area contributed by atoms with E-state index in [1.165, 1.54) is 0 Å². The number of carbonyl (C=O) groups excluding carboxylic acids is 1. The molecule has 0 saturated heterocycles. The molecule has 0 atom stereocenters. The Labute approximate surface area is 101 Å². The quantitative estimate of drug-likeness (QED) is 0.718. The van der Waals surface area contributed by atoms with Crippen LogP contribution >= 0.6 is 0 Å². The summed E-state index contributed by atoms with van der Waals surface area (Å²) >= 11 is 0. The Hall–Kier alpha value is -2.15. The van der Waals surface area contributed by atoms with E-state index in [4.69, 9.17) is 0 Å². The van der Waals surface area contributed by atoms with Crippen molar-refractivity contribution in [2.24, 2.45) is 0 Å². The zero-order valence-corrected chi connectivity index (χ0v) is 9.76. The average molecular weight is 222 g/mol. The number of allylic oxidation sites excluding steroid dienone is 1. The SMILES string of the molecule is C/C=C/c1cccc(C(=O)c2ccccc2)c1. The van der Waals surface area contributed by atoms with Gasteiger partial charge in [0, 0.05) is 11.1 Å². The van der Waals surface area contributed by atoms with Gasteiger partial charge in [-0.1, -0.05) is 60.7 Å². The van der Waals surface area contributed by atoms with Crippen LogP contribution in [0, 0.1) is 0 Å². The van der Waals surface area contributed by atoms with Crippen molar-refractivity contribution in [1.82, 2.24) is 0 Å². The molecule has 1 nitrogen and oxygen atoms in total. The average Bonchev–Trinajstić information content (AvgIpc) is 2.40. The second kappa shape index (κ2) is 5.26. The maximum absolute atomic E-state index is 12.2. The fraction of sp³-hybridized carbons (Fsp3) is 0.0625. The van der Waals surface area contributed by atoms with Crippen LogP contribution in [-0.4, -0.2) is 5.78 Å². The third-order valence-electron chi connectivity index (χ3n) is 2.54. The van der Waals surface area contributed by atoms with Crippen LogP contribution in [0.3, 0.4) is 0 Å². The molecule has 0 amide bonds. The minimum absolute atomic E-state index is 0.0666. The normalized spacial score (nSPS) is 10.6. The molecular weight excluding hydrogens is 208 g/mol. The molecule has 2 rings (SSSR count). The van der Waals surface area contributed by atoms with Crippen molar-refractivity contribution >= 4 is 11.9 Å². The zero-order valence-electron chi connectivity index (χ0n) is 9.76. The van der Waals surface area contributed by atoms with Crippen molar-refractivity contribution < 1.29 is 4.79 Å². The Kier molecular flexibility index (Phi) is 3.51. The number of benzene rings is 2. The highest BCUT2D eigenvalue weighted by molar-refractivity contribution is 6.09. The molecule has 0 N–H and O–H groups in total. The van der Waals surface area contributed by atoms with Crippen molar-refractivity contribution in [3.63, 3.8) is 0 Å². The second-order valence-electron chi connectivity index (χ2n) is 3.82. The molecule has 0 heterocycles. The fourth-order valence-electron chi connectivity index (χ4n) is 1.73. The monoisotopic (exact) mass is 222 g/mol. The van der Waals surface area contributed by atoms with E-state index in [2.05, 4.69) is 0 Å². The molecule has 0 spiro atoms. The van der Waals surface area contributed by atoms with Crippen LogP contribution in [0.25, 0.3) is 6.08 Å². The third-order valence-corrected chi connectivity index (χ3v) is 2.54. The molecule has 0 radical (unpaired) electrons. The standard InChI is InChI=1S/C16H14O/c1-2-7-13-8-6-11-15(12-13)16(17)14-9-4-3-5-10-14/h2-12H,1H3/b7-2+. The summed E-state index contributed by atoms with van der Waals surface area (Å²) in [6, 6.07) is 17.0. The van der Waals surface area contributed by atoms with E-state index >= 15 is 0 Å². The predicted octanol–water partition coefficient (Wildman–Crippen LogP) is 3.95. The Morgan fingerprint density at radius 2 is 1.65 bits per heavy atom. The van der Waals surface area contributed by atoms with Crippen molar-refractivity contribution in [1.29, 1.82) is 0 Å². The molecule has 0 aliphatic carbocycles. The smallest absolute Gasteiger partial charge is 0.193 e. The lowest BCUT2D eigenvalue weighted by Crippen LogP contribution is -2.00. The first-order valence-corrected chi connectivity index (χ1v) is 5.64. The van der Waals surface area contributed by atoms with Crippen LogP contribution in [0.1, 0.15) is 28.4 Å². The van der Waals surface area contributed by atoms with Gasteiger partial charge in [0.1, 0.15) is 0 Å². The molecule has 1 heteroatoms. The van der Waals surface area contributed by atoms with Crippen LogP contribution in [0.2, 0.25) is 0 Å². The van der Waals surface area contributed by atoms with Gasteiger partial charge in [-0.25, -0.2) is 0 Å². The molecule has 0 aromatic heterocycles. The molecule has 0 aliphatic rings. The Balaban J connectivity index is 2.35. The number of rotatable bonds is 3. The van der Waals surface area contributed by atoms with Crippen molar-refractivity contribution in [2.45, 2.75) is 6.92 Å². The summed E-state index contributed by atoms with van der Waals surface area (Å²) in [4.78, 5) is 12.2. The van der Waals surface area contributed by atoms with Gasteiger partial charge >= 0.3 is 0 Å². The van der Waals surface area contributed by atoms with Crippen molar-refractivity contribution in [3.8, 4) is 0 Å². The first kappa shape index (κ1) is 11.3. The zero-order chi connectivity index (χ0) is 12.1. The van der Waals surface area contributed by atoms with E-state index in [9.17, 15) is 4.79 Å². The first-order valence-electron chi connectivity index (χ1n) is 5.64. The molecule has 0 saturated carbocycles. The summed E-state index contributed by atoms with van der Waals surface area (Å²) < 4.78 is 0. The van der Waals surface area contributed by atoms with Crippen LogP contribution in [0.4, 0.5) is 0 Å². The van der Waals surface area contributed by atoms with Crippen LogP contribution in [-0.2, 0) is 0 Å². The second-order valence-corrected chi connectivity index (χ2v) is 3.82. The largest absolute Gasteiger partial charge is 0.289 e. The summed E-state index contributed by atoms with van der Waals surface area (Å²) in [6.07, 6.45) is 3.95. The third kappa shape index (κ3) is 2.70. The lowest BCUT2D eigenvalue weighted by Gasteiger charge is -2.02. The van der Waals surface area contributed by atoms with Crippen LogP contribution in [0.15, 0.2) is 60.7 Å². The summed E-state index contributed by atoms with van der Waals surface area (Å²) in [5.41, 5.74) is 2.51. The molecule has 2 aromatic carbocycles. The Morgan fingerprint density at radius 1 is 0.941 bits per heavy atom. The van der Waals surface area contributed by atoms with Crippen LogP contribution in [0.5, 0.6) is 0 Å². The van der Waals surface area contributed by atoms with E-state index in [0.29, 0.717) is 0 Å². The van der Waals surface area contributed by atoms with Gasteiger partial charge in [0.05, 0.1) is 0 Å². The fourth-order valence-corrected chi connectivity index (χ4v) is 1.73. The minimum atomic E-state index is 0.0666. The van der Waals surface area contributed by atoms with Gasteiger partial charge in [0.2, 0.25) is 0 Å². The number of carbonyl (C=O) groups is 1. The molecule has 17 heavy (non-hydrogen) atoms. The maximum atomic E-state index is 12.2. The van der Waals surface area contributed by atoms with Gasteiger partial charge in [-0.15, -0.1) is 0 Å². The Morgan fingerprint density at radius 3 is 2.35 bits per heavy atom. The molecule has 2 aromatic rings. The molecular formula is C16H14O. The van der Waals surface area contributed by atoms with Crippen molar-refractivity contribution in [2.75, 3.05) is 0 Å². The number of ketones is 1. The highest BCUT2D eigenvalue weighted by Crippen LogP contribution is 2.12. The lowest BCUT2D eigenvalue weighted by atomic mass is 10.0. The minimum Gasteiger partial charge on any atom is -0.289 e. The highest BCUT2D eigenvalue weighted by Gasteiger charge is 2.07. The summed E-state index contributed by atoms with van der Waals surface area (Å²) in [6.45, 7) is 1.96. The lowest BCUT2D eigenvalue weighted by molar-refractivity contribution is 0.103. The molecule has 0 aliphatic heterocycles. The molecule has 0 fully saturated rings. The van der Waals surface area contributed by atoms with Gasteiger partial charge in [-0.2, -0.15) is 0 Å². The van der Waals surface area contributed by atoms with Crippen molar-refractivity contribution in [3.05, 3.63) is 77.4 Å². The van der Waals surface area contributed by atoms with E-state index in [1.54, 1.807) is 0 Å². The van der Waals surface area contributed by atoms with E-state index in [0.717, 1.165) is 16.7 Å². The maximum Gasteiger partial charge on any atom is 0.193 e. The number of hydrogen-bond donors (Lipinski definition) is 0.